The van der Waals surface area contributed by atoms with Gasteiger partial charge in [-0.25, -0.2) is 0 Å². The summed E-state index contributed by atoms with van der Waals surface area (Å²) in [6.07, 6.45) is 1.53. The molecule has 0 bridgehead atoms. The topological polar surface area (TPSA) is 41.1 Å². The first kappa shape index (κ1) is 12.7. The van der Waals surface area contributed by atoms with E-state index in [2.05, 4.69) is 22.8 Å². The van der Waals surface area contributed by atoms with E-state index in [-0.39, 0.29) is 5.91 Å². The van der Waals surface area contributed by atoms with Crippen LogP contribution >= 0.6 is 0 Å². The largest absolute Gasteiger partial charge is 0.385 e. The predicted molar refractivity (Wildman–Crippen MR) is 82.0 cm³/mol. The van der Waals surface area contributed by atoms with E-state index in [4.69, 9.17) is 0 Å². The van der Waals surface area contributed by atoms with Crippen molar-refractivity contribution >= 4 is 17.3 Å². The molecule has 0 aliphatic carbocycles. The van der Waals surface area contributed by atoms with Crippen molar-refractivity contribution in [3.8, 4) is 0 Å². The zero-order chi connectivity index (χ0) is 13.8. The molecule has 3 nitrogen and oxygen atoms in total. The van der Waals surface area contributed by atoms with Gasteiger partial charge in [0.25, 0.3) is 0 Å². The molecule has 1 aliphatic rings. The van der Waals surface area contributed by atoms with Crippen LogP contribution in [0.15, 0.2) is 54.6 Å². The van der Waals surface area contributed by atoms with Crippen LogP contribution in [0.5, 0.6) is 0 Å². The molecule has 0 saturated heterocycles. The molecule has 1 heterocycles. The first-order valence-electron chi connectivity index (χ1n) is 7.00. The number of amides is 1. The van der Waals surface area contributed by atoms with Crippen molar-refractivity contribution in [3.63, 3.8) is 0 Å². The second-order valence-electron chi connectivity index (χ2n) is 5.12. The smallest absolute Gasteiger partial charge is 0.224 e. The Hall–Kier alpha value is -2.29. The van der Waals surface area contributed by atoms with Crippen molar-refractivity contribution in [2.75, 3.05) is 17.2 Å². The first-order chi connectivity index (χ1) is 9.83. The number of rotatable bonds is 3. The third kappa shape index (κ3) is 2.82. The van der Waals surface area contributed by atoms with E-state index in [1.807, 2.05) is 42.5 Å². The second kappa shape index (κ2) is 5.78. The van der Waals surface area contributed by atoms with Crippen molar-refractivity contribution in [2.45, 2.75) is 18.8 Å². The number of para-hydroxylation sites is 2. The van der Waals surface area contributed by atoms with Gasteiger partial charge in [-0.3, -0.25) is 4.79 Å². The highest BCUT2D eigenvalue weighted by Crippen LogP contribution is 2.33. The fraction of sp³-hybridized carbons (Fsp3) is 0.235. The molecular formula is C17H18N2O. The second-order valence-corrected chi connectivity index (χ2v) is 5.12. The van der Waals surface area contributed by atoms with E-state index in [0.717, 1.165) is 24.3 Å². The van der Waals surface area contributed by atoms with Gasteiger partial charge in [0.15, 0.2) is 0 Å². The Bertz CT molecular complexity index is 595. The number of anilines is 2. The summed E-state index contributed by atoms with van der Waals surface area (Å²) in [7, 11) is 0. The normalized spacial score (nSPS) is 16.9. The van der Waals surface area contributed by atoms with Crippen LogP contribution in [0.4, 0.5) is 11.4 Å². The molecule has 0 saturated carbocycles. The Morgan fingerprint density at radius 1 is 1.10 bits per heavy atom. The van der Waals surface area contributed by atoms with Crippen molar-refractivity contribution in [1.29, 1.82) is 0 Å². The summed E-state index contributed by atoms with van der Waals surface area (Å²) >= 11 is 0. The fourth-order valence-electron chi connectivity index (χ4n) is 2.72. The van der Waals surface area contributed by atoms with E-state index in [1.165, 1.54) is 5.56 Å². The maximum atomic E-state index is 12.2. The van der Waals surface area contributed by atoms with E-state index in [1.54, 1.807) is 0 Å². The summed E-state index contributed by atoms with van der Waals surface area (Å²) in [6, 6.07) is 17.9. The molecular weight excluding hydrogens is 248 g/mol. The first-order valence-corrected chi connectivity index (χ1v) is 7.00. The molecule has 0 fully saturated rings. The third-order valence-corrected chi connectivity index (χ3v) is 3.70. The van der Waals surface area contributed by atoms with Crippen LogP contribution in [0.25, 0.3) is 0 Å². The lowest BCUT2D eigenvalue weighted by Gasteiger charge is -2.26. The zero-order valence-electron chi connectivity index (χ0n) is 11.3. The molecule has 2 N–H and O–H groups in total. The van der Waals surface area contributed by atoms with Crippen LogP contribution in [0, 0.1) is 0 Å². The van der Waals surface area contributed by atoms with Crippen LogP contribution in [0.3, 0.4) is 0 Å². The highest BCUT2D eigenvalue weighted by molar-refractivity contribution is 5.91. The minimum absolute atomic E-state index is 0.0814. The lowest BCUT2D eigenvalue weighted by molar-refractivity contribution is -0.116. The Morgan fingerprint density at radius 2 is 1.85 bits per heavy atom. The molecule has 0 radical (unpaired) electrons. The van der Waals surface area contributed by atoms with Crippen molar-refractivity contribution in [1.82, 2.24) is 0 Å². The number of benzene rings is 2. The molecule has 20 heavy (non-hydrogen) atoms. The number of fused-ring (bicyclic) bond motifs is 1. The number of hydrogen-bond donors (Lipinski definition) is 2. The minimum Gasteiger partial charge on any atom is -0.385 e. The van der Waals surface area contributed by atoms with Gasteiger partial charge in [0.2, 0.25) is 5.91 Å². The highest BCUT2D eigenvalue weighted by atomic mass is 16.1. The van der Waals surface area contributed by atoms with E-state index in [0.29, 0.717) is 12.3 Å². The molecule has 1 unspecified atom stereocenters. The van der Waals surface area contributed by atoms with Crippen LogP contribution < -0.4 is 10.6 Å². The number of carbonyl (C=O) groups is 1. The highest BCUT2D eigenvalue weighted by Gasteiger charge is 2.22. The molecule has 1 aliphatic heterocycles. The van der Waals surface area contributed by atoms with Crippen molar-refractivity contribution in [3.05, 3.63) is 60.2 Å². The van der Waals surface area contributed by atoms with Gasteiger partial charge in [-0.05, 0) is 36.1 Å². The quantitative estimate of drug-likeness (QED) is 0.891. The third-order valence-electron chi connectivity index (χ3n) is 3.70. The molecule has 3 rings (SSSR count). The summed E-state index contributed by atoms with van der Waals surface area (Å²) in [5.74, 6) is 0.383. The Kier molecular flexibility index (Phi) is 3.68. The molecule has 3 heteroatoms. The van der Waals surface area contributed by atoms with Crippen molar-refractivity contribution in [2.24, 2.45) is 0 Å². The van der Waals surface area contributed by atoms with Gasteiger partial charge < -0.3 is 10.6 Å². The standard InChI is InChI=1S/C17H18N2O/c20-17(19-14-6-2-1-3-7-14)12-13-10-11-18-16-9-5-4-8-15(13)16/h1-9,13,18H,10-12H2,(H,19,20). The molecule has 0 aromatic heterocycles. The monoisotopic (exact) mass is 266 g/mol. The summed E-state index contributed by atoms with van der Waals surface area (Å²) in [6.45, 7) is 0.931. The van der Waals surface area contributed by atoms with E-state index < -0.39 is 0 Å². The maximum Gasteiger partial charge on any atom is 0.224 e. The van der Waals surface area contributed by atoms with Gasteiger partial charge >= 0.3 is 0 Å². The molecule has 1 amide bonds. The molecule has 102 valence electrons. The average Bonchev–Trinajstić information content (AvgIpc) is 2.48. The van der Waals surface area contributed by atoms with Gasteiger partial charge in [0.05, 0.1) is 0 Å². The number of nitrogens with one attached hydrogen (secondary N) is 2. The van der Waals surface area contributed by atoms with E-state index in [9.17, 15) is 4.79 Å². The summed E-state index contributed by atoms with van der Waals surface area (Å²) in [5, 5.41) is 6.34. The Balaban J connectivity index is 1.68. The van der Waals surface area contributed by atoms with Gasteiger partial charge in [-0.15, -0.1) is 0 Å². The molecule has 2 aromatic rings. The summed E-state index contributed by atoms with van der Waals surface area (Å²) in [4.78, 5) is 12.2. The number of carbonyl (C=O) groups excluding carboxylic acids is 1. The van der Waals surface area contributed by atoms with Crippen molar-refractivity contribution < 1.29 is 4.79 Å². The fourth-order valence-corrected chi connectivity index (χ4v) is 2.72. The summed E-state index contributed by atoms with van der Waals surface area (Å²) in [5.41, 5.74) is 3.28. The van der Waals surface area contributed by atoms with Gasteiger partial charge in [-0.1, -0.05) is 36.4 Å². The van der Waals surface area contributed by atoms with Gasteiger partial charge in [0.1, 0.15) is 0 Å². The zero-order valence-corrected chi connectivity index (χ0v) is 11.3. The lowest BCUT2D eigenvalue weighted by Crippen LogP contribution is -2.21. The predicted octanol–water partition coefficient (Wildman–Crippen LogP) is 3.61. The SMILES string of the molecule is O=C(CC1CCNc2ccccc21)Nc1ccccc1. The van der Waals surface area contributed by atoms with Gasteiger partial charge in [-0.2, -0.15) is 0 Å². The summed E-state index contributed by atoms with van der Waals surface area (Å²) < 4.78 is 0. The Morgan fingerprint density at radius 3 is 2.70 bits per heavy atom. The van der Waals surface area contributed by atoms with Gasteiger partial charge in [0, 0.05) is 24.3 Å². The van der Waals surface area contributed by atoms with Crippen LogP contribution in [-0.4, -0.2) is 12.5 Å². The van der Waals surface area contributed by atoms with Crippen LogP contribution in [0.1, 0.15) is 24.3 Å². The molecule has 1 atom stereocenters. The Labute approximate surface area is 119 Å². The van der Waals surface area contributed by atoms with Crippen LogP contribution in [0.2, 0.25) is 0 Å². The maximum absolute atomic E-state index is 12.2. The minimum atomic E-state index is 0.0814. The molecule has 2 aromatic carbocycles. The van der Waals surface area contributed by atoms with E-state index >= 15 is 0 Å². The average molecular weight is 266 g/mol. The molecule has 0 spiro atoms. The number of hydrogen-bond acceptors (Lipinski definition) is 2. The lowest BCUT2D eigenvalue weighted by atomic mass is 9.88. The van der Waals surface area contributed by atoms with Crippen LogP contribution in [-0.2, 0) is 4.79 Å².